The highest BCUT2D eigenvalue weighted by atomic mass is 16.5. The molecular weight excluding hydrogens is 674 g/mol. The summed E-state index contributed by atoms with van der Waals surface area (Å²) in [5.41, 5.74) is 5.34. The van der Waals surface area contributed by atoms with E-state index in [-0.39, 0.29) is 29.4 Å². The van der Waals surface area contributed by atoms with Gasteiger partial charge < -0.3 is 19.6 Å². The van der Waals surface area contributed by atoms with Gasteiger partial charge in [0, 0.05) is 49.1 Å². The van der Waals surface area contributed by atoms with E-state index in [1.165, 1.54) is 0 Å². The number of carbonyl (C=O) groups is 3. The minimum absolute atomic E-state index is 0.0604. The number of aromatic hydroxyl groups is 1. The number of aromatic nitrogens is 5. The van der Waals surface area contributed by atoms with Crippen LogP contribution >= 0.6 is 0 Å². The normalized spacial score (nSPS) is 22.4. The van der Waals surface area contributed by atoms with Gasteiger partial charge in [-0.15, -0.1) is 10.2 Å². The Balaban J connectivity index is 0.836. The smallest absolute Gasteiger partial charge is 0.249 e. The molecule has 3 amide bonds. The third kappa shape index (κ3) is 6.12. The number of benzene rings is 1. The van der Waals surface area contributed by atoms with Crippen molar-refractivity contribution in [3.63, 3.8) is 0 Å². The molecule has 3 fully saturated rings. The largest absolute Gasteiger partial charge is 0.507 e. The summed E-state index contributed by atoms with van der Waals surface area (Å²) in [6, 6.07) is 14.6. The lowest BCUT2D eigenvalue weighted by Crippen LogP contribution is -2.54. The Bertz CT molecular complexity index is 2210. The molecule has 4 aliphatic rings. The second-order valence-corrected chi connectivity index (χ2v) is 14.2. The van der Waals surface area contributed by atoms with Crippen molar-refractivity contribution in [2.75, 3.05) is 42.6 Å². The third-order valence-electron chi connectivity index (χ3n) is 11.2. The van der Waals surface area contributed by atoms with Gasteiger partial charge in [0.1, 0.15) is 35.5 Å². The molecule has 7 heterocycles. The fraction of sp³-hybridized carbons (Fsp3) is 0.359. The van der Waals surface area contributed by atoms with Gasteiger partial charge in [-0.2, -0.15) is 0 Å². The Labute approximate surface area is 305 Å². The van der Waals surface area contributed by atoms with Crippen LogP contribution in [0.25, 0.3) is 28.1 Å². The molecule has 0 radical (unpaired) electrons. The predicted molar refractivity (Wildman–Crippen MR) is 196 cm³/mol. The van der Waals surface area contributed by atoms with Gasteiger partial charge in [-0.25, -0.2) is 4.98 Å². The Morgan fingerprint density at radius 2 is 1.75 bits per heavy atom. The Hall–Kier alpha value is -5.89. The molecule has 14 heteroatoms. The number of pyridine rings is 2. The molecule has 270 valence electrons. The van der Waals surface area contributed by atoms with Crippen LogP contribution in [0.1, 0.15) is 50.0 Å². The van der Waals surface area contributed by atoms with E-state index in [0.717, 1.165) is 60.4 Å². The molecule has 1 aliphatic carbocycles. The van der Waals surface area contributed by atoms with Gasteiger partial charge in [0.15, 0.2) is 0 Å². The summed E-state index contributed by atoms with van der Waals surface area (Å²) in [5.74, 6) is 1.48. The molecule has 3 aliphatic heterocycles. The van der Waals surface area contributed by atoms with Crippen molar-refractivity contribution in [2.24, 2.45) is 0 Å². The number of hydrogen-bond donors (Lipinski definition) is 2. The van der Waals surface area contributed by atoms with Crippen LogP contribution in [0.2, 0.25) is 0 Å². The number of carbonyl (C=O) groups excluding carboxylic acids is 3. The Morgan fingerprint density at radius 1 is 0.887 bits per heavy atom. The molecule has 1 unspecified atom stereocenters. The second-order valence-electron chi connectivity index (χ2n) is 14.2. The number of phenols is 1. The average Bonchev–Trinajstić information content (AvgIpc) is 3.61. The fourth-order valence-electron chi connectivity index (χ4n) is 8.43. The van der Waals surface area contributed by atoms with Crippen molar-refractivity contribution in [1.82, 2.24) is 34.9 Å². The lowest BCUT2D eigenvalue weighted by molar-refractivity contribution is -0.134. The standard InChI is InChI=1S/C39H39N9O5/c49-34-4-2-1-3-27(34)30-19-32-29(43-44-30)13-14-48(32)35-11-9-26(20-41-35)46-16-15-45(23-37(46)51)25-7-5-24(6-8-25)28-21-40-22-33-38(28)53-18-17-47(33)31-10-12-36(50)42-39(31)52/h1-4,9,11,13-14,19-22,24-25,31,49H,5-8,10,12,15-18,23H2,(H,42,50,52). The molecule has 1 atom stereocenters. The van der Waals surface area contributed by atoms with Crippen LogP contribution in [0.3, 0.4) is 0 Å². The number of hydrogen-bond acceptors (Lipinski definition) is 11. The maximum absolute atomic E-state index is 13.5. The molecule has 4 aromatic heterocycles. The first-order valence-electron chi connectivity index (χ1n) is 18.3. The zero-order valence-corrected chi connectivity index (χ0v) is 29.1. The summed E-state index contributed by atoms with van der Waals surface area (Å²) in [6.45, 7) is 2.78. The molecule has 53 heavy (non-hydrogen) atoms. The number of nitrogens with zero attached hydrogens (tertiary/aromatic N) is 8. The van der Waals surface area contributed by atoms with Gasteiger partial charge in [0.25, 0.3) is 0 Å². The van der Waals surface area contributed by atoms with E-state index < -0.39 is 6.04 Å². The van der Waals surface area contributed by atoms with Crippen LogP contribution in [0.15, 0.2) is 73.3 Å². The minimum Gasteiger partial charge on any atom is -0.507 e. The molecule has 2 saturated heterocycles. The highest BCUT2D eigenvalue weighted by Crippen LogP contribution is 2.44. The number of nitrogens with one attached hydrogen (secondary N) is 1. The maximum Gasteiger partial charge on any atom is 0.249 e. The predicted octanol–water partition coefficient (Wildman–Crippen LogP) is 3.96. The number of anilines is 2. The van der Waals surface area contributed by atoms with Crippen molar-refractivity contribution < 1.29 is 24.2 Å². The van der Waals surface area contributed by atoms with Crippen LogP contribution < -0.4 is 19.9 Å². The minimum atomic E-state index is -0.409. The second kappa shape index (κ2) is 13.6. The van der Waals surface area contributed by atoms with Crippen LogP contribution in [-0.2, 0) is 14.4 Å². The summed E-state index contributed by atoms with van der Waals surface area (Å²) < 4.78 is 8.13. The van der Waals surface area contributed by atoms with Gasteiger partial charge in [-0.05, 0) is 74.4 Å². The van der Waals surface area contributed by atoms with Crippen molar-refractivity contribution in [2.45, 2.75) is 56.5 Å². The topological polar surface area (TPSA) is 159 Å². The number of piperidine rings is 1. The van der Waals surface area contributed by atoms with Crippen molar-refractivity contribution >= 4 is 40.1 Å². The van der Waals surface area contributed by atoms with Crippen molar-refractivity contribution in [3.05, 3.63) is 78.9 Å². The van der Waals surface area contributed by atoms with Crippen LogP contribution in [0, 0.1) is 0 Å². The molecule has 2 N–H and O–H groups in total. The highest BCUT2D eigenvalue weighted by Gasteiger charge is 2.38. The number of ether oxygens (including phenoxy) is 1. The number of para-hydroxylation sites is 1. The first-order chi connectivity index (χ1) is 25.9. The van der Waals surface area contributed by atoms with Gasteiger partial charge in [-0.1, -0.05) is 12.1 Å². The van der Waals surface area contributed by atoms with E-state index >= 15 is 0 Å². The number of fused-ring (bicyclic) bond motifs is 2. The molecule has 14 nitrogen and oxygen atoms in total. The van der Waals surface area contributed by atoms with E-state index in [1.807, 2.05) is 57.1 Å². The Kier molecular flexibility index (Phi) is 8.45. The number of phenolic OH excluding ortho intramolecular Hbond substituents is 1. The van der Waals surface area contributed by atoms with Gasteiger partial charge in [0.05, 0.1) is 48.1 Å². The molecule has 9 rings (SSSR count). The number of imide groups is 1. The molecule has 1 aromatic carbocycles. The first kappa shape index (κ1) is 33.0. The van der Waals surface area contributed by atoms with Gasteiger partial charge in [0.2, 0.25) is 17.7 Å². The maximum atomic E-state index is 13.5. The quantitative estimate of drug-likeness (QED) is 0.246. The number of rotatable bonds is 6. The monoisotopic (exact) mass is 713 g/mol. The van der Waals surface area contributed by atoms with E-state index in [9.17, 15) is 19.5 Å². The molecule has 0 spiro atoms. The third-order valence-corrected chi connectivity index (χ3v) is 11.2. The van der Waals surface area contributed by atoms with E-state index in [1.54, 1.807) is 30.6 Å². The van der Waals surface area contributed by atoms with E-state index in [0.29, 0.717) is 67.7 Å². The Morgan fingerprint density at radius 3 is 2.55 bits per heavy atom. The highest BCUT2D eigenvalue weighted by molar-refractivity contribution is 6.02. The van der Waals surface area contributed by atoms with Crippen molar-refractivity contribution in [1.29, 1.82) is 0 Å². The zero-order valence-electron chi connectivity index (χ0n) is 29.1. The summed E-state index contributed by atoms with van der Waals surface area (Å²) in [6.07, 6.45) is 12.0. The van der Waals surface area contributed by atoms with E-state index in [4.69, 9.17) is 9.72 Å². The molecule has 5 aromatic rings. The van der Waals surface area contributed by atoms with Gasteiger partial charge >= 0.3 is 0 Å². The van der Waals surface area contributed by atoms with E-state index in [2.05, 4.69) is 25.4 Å². The number of amides is 3. The SMILES string of the molecule is O=C1CCC(N2CCOc3c(C4CCC(N5CCN(c6ccc(-n7ccc8nnc(-c9ccccc9O)cc87)nc6)C(=O)C5)CC4)cncc32)C(=O)N1. The van der Waals surface area contributed by atoms with Crippen molar-refractivity contribution in [3.8, 4) is 28.6 Å². The summed E-state index contributed by atoms with van der Waals surface area (Å²) in [7, 11) is 0. The lowest BCUT2D eigenvalue weighted by Gasteiger charge is -2.42. The first-order valence-corrected chi connectivity index (χ1v) is 18.3. The fourth-order valence-corrected chi connectivity index (χ4v) is 8.43. The number of piperazine rings is 1. The zero-order chi connectivity index (χ0) is 36.1. The van der Waals surface area contributed by atoms with Crippen LogP contribution in [-0.4, -0.2) is 97.3 Å². The summed E-state index contributed by atoms with van der Waals surface area (Å²) in [5, 5.41) is 21.5. The summed E-state index contributed by atoms with van der Waals surface area (Å²) >= 11 is 0. The molecular formula is C39H39N9O5. The van der Waals surface area contributed by atoms with Crippen LogP contribution in [0.5, 0.6) is 11.5 Å². The summed E-state index contributed by atoms with van der Waals surface area (Å²) in [4.78, 5) is 53.4. The van der Waals surface area contributed by atoms with Crippen LogP contribution in [0.4, 0.5) is 11.4 Å². The van der Waals surface area contributed by atoms with Gasteiger partial charge in [-0.3, -0.25) is 34.2 Å². The molecule has 1 saturated carbocycles. The lowest BCUT2D eigenvalue weighted by atomic mass is 9.81. The average molecular weight is 714 g/mol. The molecule has 0 bridgehead atoms.